The third kappa shape index (κ3) is 2.46. The minimum Gasteiger partial charge on any atom is -0.388 e. The summed E-state index contributed by atoms with van der Waals surface area (Å²) in [6.45, 7) is 0.474. The summed E-state index contributed by atoms with van der Waals surface area (Å²) in [5.74, 6) is 0. The molecule has 0 spiro atoms. The van der Waals surface area contributed by atoms with Gasteiger partial charge in [-0.25, -0.2) is 4.98 Å². The standard InChI is InChI=1S/C10H12ClN3OS/c11-8-7(5-12)16-9(14-8)13-6-10(15)3-1-2-4-10/h15H,1-4,6H2,(H,13,14). The molecular formula is C10H12ClN3OS. The van der Waals surface area contributed by atoms with Crippen LogP contribution < -0.4 is 5.32 Å². The van der Waals surface area contributed by atoms with E-state index in [1.54, 1.807) is 0 Å². The number of nitrogens with zero attached hydrogens (tertiary/aromatic N) is 2. The molecular weight excluding hydrogens is 246 g/mol. The molecule has 0 aromatic carbocycles. The Morgan fingerprint density at radius 3 is 2.81 bits per heavy atom. The molecule has 0 aliphatic heterocycles. The lowest BCUT2D eigenvalue weighted by Crippen LogP contribution is -2.33. The van der Waals surface area contributed by atoms with Gasteiger partial charge in [0.15, 0.2) is 10.3 Å². The molecule has 0 unspecified atom stereocenters. The quantitative estimate of drug-likeness (QED) is 0.872. The number of nitriles is 1. The van der Waals surface area contributed by atoms with Gasteiger partial charge in [0.1, 0.15) is 10.9 Å². The minimum absolute atomic E-state index is 0.230. The largest absolute Gasteiger partial charge is 0.388 e. The molecule has 1 aromatic heterocycles. The summed E-state index contributed by atoms with van der Waals surface area (Å²) < 4.78 is 0. The van der Waals surface area contributed by atoms with Gasteiger partial charge in [0.2, 0.25) is 0 Å². The van der Waals surface area contributed by atoms with E-state index in [-0.39, 0.29) is 5.15 Å². The van der Waals surface area contributed by atoms with Gasteiger partial charge in [0, 0.05) is 6.54 Å². The highest BCUT2D eigenvalue weighted by atomic mass is 35.5. The van der Waals surface area contributed by atoms with Crippen molar-refractivity contribution in [1.82, 2.24) is 4.98 Å². The molecule has 0 atom stereocenters. The SMILES string of the molecule is N#Cc1sc(NCC2(O)CCCC2)nc1Cl. The van der Waals surface area contributed by atoms with Gasteiger partial charge in [-0.05, 0) is 12.8 Å². The van der Waals surface area contributed by atoms with Crippen LogP contribution in [0, 0.1) is 11.3 Å². The highest BCUT2D eigenvalue weighted by Crippen LogP contribution is 2.31. The van der Waals surface area contributed by atoms with Gasteiger partial charge in [0.25, 0.3) is 0 Å². The van der Waals surface area contributed by atoms with Crippen molar-refractivity contribution in [2.75, 3.05) is 11.9 Å². The number of hydrogen-bond acceptors (Lipinski definition) is 5. The molecule has 1 aliphatic rings. The number of aromatic nitrogens is 1. The number of rotatable bonds is 3. The molecule has 6 heteroatoms. The molecule has 0 radical (unpaired) electrons. The summed E-state index contributed by atoms with van der Waals surface area (Å²) in [5.41, 5.74) is -0.620. The topological polar surface area (TPSA) is 68.9 Å². The third-order valence-corrected chi connectivity index (χ3v) is 4.09. The number of nitrogens with one attached hydrogen (secondary N) is 1. The van der Waals surface area contributed by atoms with Gasteiger partial charge >= 0.3 is 0 Å². The van der Waals surface area contributed by atoms with Gasteiger partial charge in [-0.15, -0.1) is 0 Å². The summed E-state index contributed by atoms with van der Waals surface area (Å²) >= 11 is 6.96. The molecule has 0 amide bonds. The van der Waals surface area contributed by atoms with Crippen LogP contribution in [0.5, 0.6) is 0 Å². The minimum atomic E-state index is -0.620. The summed E-state index contributed by atoms with van der Waals surface area (Å²) in [4.78, 5) is 4.42. The Kier molecular flexibility index (Phi) is 3.33. The average Bonchev–Trinajstić information content (AvgIpc) is 2.83. The van der Waals surface area contributed by atoms with Crippen molar-refractivity contribution >= 4 is 28.1 Å². The van der Waals surface area contributed by atoms with Gasteiger partial charge in [-0.1, -0.05) is 35.8 Å². The van der Waals surface area contributed by atoms with Crippen LogP contribution in [-0.4, -0.2) is 22.2 Å². The van der Waals surface area contributed by atoms with E-state index < -0.39 is 5.60 Å². The summed E-state index contributed by atoms with van der Waals surface area (Å²) in [6, 6.07) is 1.97. The first-order chi connectivity index (χ1) is 7.63. The maximum atomic E-state index is 10.1. The number of halogens is 1. The average molecular weight is 258 g/mol. The number of aliphatic hydroxyl groups is 1. The maximum Gasteiger partial charge on any atom is 0.185 e. The zero-order valence-corrected chi connectivity index (χ0v) is 10.2. The smallest absolute Gasteiger partial charge is 0.185 e. The zero-order chi connectivity index (χ0) is 11.6. The molecule has 0 bridgehead atoms. The van der Waals surface area contributed by atoms with Crippen molar-refractivity contribution in [1.29, 1.82) is 5.26 Å². The van der Waals surface area contributed by atoms with Crippen molar-refractivity contribution in [3.05, 3.63) is 10.0 Å². The first kappa shape index (κ1) is 11.6. The van der Waals surface area contributed by atoms with E-state index >= 15 is 0 Å². The lowest BCUT2D eigenvalue weighted by Gasteiger charge is -2.21. The van der Waals surface area contributed by atoms with Gasteiger partial charge in [-0.3, -0.25) is 0 Å². The highest BCUT2D eigenvalue weighted by Gasteiger charge is 2.31. The second kappa shape index (κ2) is 4.58. The van der Waals surface area contributed by atoms with E-state index in [1.807, 2.05) is 6.07 Å². The van der Waals surface area contributed by atoms with Crippen LogP contribution in [0.25, 0.3) is 0 Å². The highest BCUT2D eigenvalue weighted by molar-refractivity contribution is 7.16. The van der Waals surface area contributed by atoms with Crippen LogP contribution in [0.1, 0.15) is 30.6 Å². The molecule has 2 N–H and O–H groups in total. The normalized spacial score (nSPS) is 18.3. The molecule has 86 valence electrons. The Morgan fingerprint density at radius 2 is 2.25 bits per heavy atom. The number of thiazole rings is 1. The van der Waals surface area contributed by atoms with Gasteiger partial charge < -0.3 is 10.4 Å². The molecule has 1 fully saturated rings. The number of hydrogen-bond donors (Lipinski definition) is 2. The van der Waals surface area contributed by atoms with Crippen LogP contribution in [0.3, 0.4) is 0 Å². The Hall–Kier alpha value is -0.830. The second-order valence-corrected chi connectivity index (χ2v) is 5.39. The van der Waals surface area contributed by atoms with E-state index in [0.717, 1.165) is 25.7 Å². The Labute approximate surface area is 103 Å². The third-order valence-electron chi connectivity index (χ3n) is 2.79. The Morgan fingerprint density at radius 1 is 1.56 bits per heavy atom. The van der Waals surface area contributed by atoms with E-state index in [4.69, 9.17) is 16.9 Å². The zero-order valence-electron chi connectivity index (χ0n) is 8.66. The lowest BCUT2D eigenvalue weighted by atomic mass is 10.0. The fraction of sp³-hybridized carbons (Fsp3) is 0.600. The molecule has 1 heterocycles. The van der Waals surface area contributed by atoms with E-state index in [2.05, 4.69) is 10.3 Å². The lowest BCUT2D eigenvalue weighted by molar-refractivity contribution is 0.0615. The molecule has 1 saturated carbocycles. The van der Waals surface area contributed by atoms with E-state index in [0.29, 0.717) is 16.6 Å². The van der Waals surface area contributed by atoms with Crippen molar-refractivity contribution < 1.29 is 5.11 Å². The Balaban J connectivity index is 1.97. The summed E-state index contributed by atoms with van der Waals surface area (Å²) in [7, 11) is 0. The van der Waals surface area contributed by atoms with Crippen LogP contribution in [0.15, 0.2) is 0 Å². The van der Waals surface area contributed by atoms with Gasteiger partial charge in [0.05, 0.1) is 5.60 Å². The van der Waals surface area contributed by atoms with Crippen LogP contribution >= 0.6 is 22.9 Å². The first-order valence-electron chi connectivity index (χ1n) is 5.16. The van der Waals surface area contributed by atoms with Gasteiger partial charge in [-0.2, -0.15) is 5.26 Å². The molecule has 2 rings (SSSR count). The van der Waals surface area contributed by atoms with Crippen LogP contribution in [0.2, 0.25) is 5.15 Å². The summed E-state index contributed by atoms with van der Waals surface area (Å²) in [5, 5.41) is 22.7. The van der Waals surface area contributed by atoms with Crippen molar-refractivity contribution in [2.45, 2.75) is 31.3 Å². The molecule has 16 heavy (non-hydrogen) atoms. The fourth-order valence-electron chi connectivity index (χ4n) is 1.90. The van der Waals surface area contributed by atoms with Crippen LogP contribution in [0.4, 0.5) is 5.13 Å². The first-order valence-corrected chi connectivity index (χ1v) is 6.35. The van der Waals surface area contributed by atoms with E-state index in [9.17, 15) is 5.11 Å². The maximum absolute atomic E-state index is 10.1. The van der Waals surface area contributed by atoms with Crippen molar-refractivity contribution in [3.63, 3.8) is 0 Å². The van der Waals surface area contributed by atoms with Crippen molar-refractivity contribution in [2.24, 2.45) is 0 Å². The van der Waals surface area contributed by atoms with Crippen LogP contribution in [-0.2, 0) is 0 Å². The summed E-state index contributed by atoms with van der Waals surface area (Å²) in [6.07, 6.45) is 3.79. The molecule has 4 nitrogen and oxygen atoms in total. The predicted octanol–water partition coefficient (Wildman–Crippen LogP) is 2.39. The predicted molar refractivity (Wildman–Crippen MR) is 63.7 cm³/mol. The molecule has 1 aliphatic carbocycles. The fourth-order valence-corrected chi connectivity index (χ4v) is 2.84. The molecule has 0 saturated heterocycles. The van der Waals surface area contributed by atoms with E-state index in [1.165, 1.54) is 11.3 Å². The second-order valence-electron chi connectivity index (χ2n) is 4.04. The molecule has 1 aromatic rings. The number of anilines is 1. The monoisotopic (exact) mass is 257 g/mol. The Bertz CT molecular complexity index is 420. The van der Waals surface area contributed by atoms with Crippen molar-refractivity contribution in [3.8, 4) is 6.07 Å².